The summed E-state index contributed by atoms with van der Waals surface area (Å²) in [7, 11) is 1.62. The highest BCUT2D eigenvalue weighted by molar-refractivity contribution is 6.36. The van der Waals surface area contributed by atoms with Gasteiger partial charge in [-0.05, 0) is 6.07 Å². The molecule has 5 heteroatoms. The number of fused-ring (bicyclic) bond motifs is 1. The Morgan fingerprint density at radius 2 is 2.21 bits per heavy atom. The second-order valence-electron chi connectivity index (χ2n) is 2.90. The molecule has 0 saturated carbocycles. The molecule has 0 N–H and O–H groups in total. The summed E-state index contributed by atoms with van der Waals surface area (Å²) in [6, 6.07) is 1.67. The zero-order valence-corrected chi connectivity index (χ0v) is 9.01. The van der Waals surface area contributed by atoms with Gasteiger partial charge in [0, 0.05) is 19.5 Å². The van der Waals surface area contributed by atoms with E-state index >= 15 is 0 Å². The summed E-state index contributed by atoms with van der Waals surface area (Å²) in [6.07, 6.45) is 3.60. The average Bonchev–Trinajstić information content (AvgIpc) is 2.48. The zero-order chi connectivity index (χ0) is 10.1. The molecule has 14 heavy (non-hydrogen) atoms. The fraction of sp³-hybridized carbons (Fsp3) is 0.222. The van der Waals surface area contributed by atoms with E-state index in [-0.39, 0.29) is 0 Å². The van der Waals surface area contributed by atoms with Crippen LogP contribution in [0.4, 0.5) is 0 Å². The van der Waals surface area contributed by atoms with Crippen LogP contribution in [0.3, 0.4) is 0 Å². The molecule has 0 aliphatic rings. The number of hydrogen-bond acceptors (Lipinski definition) is 2. The molecule has 74 valence electrons. The maximum Gasteiger partial charge on any atom is 0.156 e. The van der Waals surface area contributed by atoms with E-state index in [1.807, 2.05) is 6.20 Å². The number of imidazole rings is 1. The van der Waals surface area contributed by atoms with E-state index in [1.54, 1.807) is 23.8 Å². The number of hydrogen-bond donors (Lipinski definition) is 0. The Morgan fingerprint density at radius 1 is 1.43 bits per heavy atom. The van der Waals surface area contributed by atoms with Gasteiger partial charge >= 0.3 is 0 Å². The average molecular weight is 231 g/mol. The van der Waals surface area contributed by atoms with Crippen molar-refractivity contribution in [1.82, 2.24) is 9.38 Å². The second-order valence-corrected chi connectivity index (χ2v) is 3.75. The van der Waals surface area contributed by atoms with E-state index < -0.39 is 0 Å². The molecule has 0 aromatic carbocycles. The molecule has 0 spiro atoms. The van der Waals surface area contributed by atoms with Crippen LogP contribution in [-0.2, 0) is 11.3 Å². The molecule has 0 aliphatic heterocycles. The molecule has 0 saturated heterocycles. The van der Waals surface area contributed by atoms with Gasteiger partial charge in [-0.3, -0.25) is 0 Å². The standard InChI is InChI=1S/C9H8Cl2N2O/c1-14-5-7-4-13-3-6(10)2-8(11)9(13)12-7/h2-4H,5H2,1H3. The molecule has 0 unspecified atom stereocenters. The predicted molar refractivity (Wildman–Crippen MR) is 55.9 cm³/mol. The van der Waals surface area contributed by atoms with Gasteiger partial charge in [0.15, 0.2) is 5.65 Å². The summed E-state index contributed by atoms with van der Waals surface area (Å²) < 4.78 is 6.77. The third-order valence-electron chi connectivity index (χ3n) is 1.82. The number of nitrogens with zero attached hydrogens (tertiary/aromatic N) is 2. The Hall–Kier alpha value is -0.770. The van der Waals surface area contributed by atoms with Crippen molar-refractivity contribution in [3.63, 3.8) is 0 Å². The van der Waals surface area contributed by atoms with Crippen LogP contribution in [0.1, 0.15) is 5.69 Å². The Labute approximate surface area is 91.2 Å². The first-order valence-electron chi connectivity index (χ1n) is 4.02. The van der Waals surface area contributed by atoms with Gasteiger partial charge in [-0.25, -0.2) is 4.98 Å². The summed E-state index contributed by atoms with van der Waals surface area (Å²) in [5.74, 6) is 0. The molecule has 3 nitrogen and oxygen atoms in total. The fourth-order valence-corrected chi connectivity index (χ4v) is 1.82. The summed E-state index contributed by atoms with van der Waals surface area (Å²) in [5.41, 5.74) is 1.53. The highest BCUT2D eigenvalue weighted by Crippen LogP contribution is 2.21. The normalized spacial score (nSPS) is 11.1. The lowest BCUT2D eigenvalue weighted by Crippen LogP contribution is -1.85. The molecule has 0 bridgehead atoms. The minimum Gasteiger partial charge on any atom is -0.378 e. The largest absolute Gasteiger partial charge is 0.378 e. The lowest BCUT2D eigenvalue weighted by Gasteiger charge is -1.95. The van der Waals surface area contributed by atoms with Crippen molar-refractivity contribution < 1.29 is 4.74 Å². The molecule has 0 fully saturated rings. The minimum atomic E-state index is 0.468. The summed E-state index contributed by atoms with van der Waals surface area (Å²) in [6.45, 7) is 0.468. The van der Waals surface area contributed by atoms with Gasteiger partial charge in [0.2, 0.25) is 0 Å². The van der Waals surface area contributed by atoms with Gasteiger partial charge < -0.3 is 9.14 Å². The van der Waals surface area contributed by atoms with Crippen molar-refractivity contribution >= 4 is 28.8 Å². The summed E-state index contributed by atoms with van der Waals surface area (Å²) >= 11 is 11.8. The van der Waals surface area contributed by atoms with E-state index in [4.69, 9.17) is 27.9 Å². The van der Waals surface area contributed by atoms with Crippen molar-refractivity contribution in [2.24, 2.45) is 0 Å². The van der Waals surface area contributed by atoms with Gasteiger partial charge in [-0.2, -0.15) is 0 Å². The molecule has 2 rings (SSSR count). The molecule has 0 amide bonds. The van der Waals surface area contributed by atoms with Crippen molar-refractivity contribution in [1.29, 1.82) is 0 Å². The number of halogens is 2. The summed E-state index contributed by atoms with van der Waals surface area (Å²) in [5, 5.41) is 1.13. The Balaban J connectivity index is 2.58. The smallest absolute Gasteiger partial charge is 0.156 e. The van der Waals surface area contributed by atoms with Crippen LogP contribution in [0.15, 0.2) is 18.5 Å². The maximum absolute atomic E-state index is 5.97. The van der Waals surface area contributed by atoms with E-state index in [1.165, 1.54) is 0 Å². The summed E-state index contributed by atoms with van der Waals surface area (Å²) in [4.78, 5) is 4.29. The molecule has 0 atom stereocenters. The quantitative estimate of drug-likeness (QED) is 0.794. The van der Waals surface area contributed by atoms with Crippen molar-refractivity contribution in [2.45, 2.75) is 6.61 Å². The number of rotatable bonds is 2. The van der Waals surface area contributed by atoms with E-state index in [0.29, 0.717) is 22.3 Å². The number of aromatic nitrogens is 2. The van der Waals surface area contributed by atoms with Crippen LogP contribution in [0.5, 0.6) is 0 Å². The van der Waals surface area contributed by atoms with Crippen molar-refractivity contribution in [2.75, 3.05) is 7.11 Å². The van der Waals surface area contributed by atoms with Crippen molar-refractivity contribution in [3.8, 4) is 0 Å². The van der Waals surface area contributed by atoms with Gasteiger partial charge in [0.05, 0.1) is 22.3 Å². The molecule has 2 heterocycles. The lowest BCUT2D eigenvalue weighted by atomic mass is 10.5. The monoisotopic (exact) mass is 230 g/mol. The van der Waals surface area contributed by atoms with Crippen LogP contribution in [0.25, 0.3) is 5.65 Å². The first-order chi connectivity index (χ1) is 6.70. The molecule has 2 aromatic heterocycles. The van der Waals surface area contributed by atoms with Crippen LogP contribution in [0, 0.1) is 0 Å². The molecule has 0 aliphatic carbocycles. The van der Waals surface area contributed by atoms with Gasteiger partial charge in [-0.15, -0.1) is 0 Å². The number of ether oxygens (including phenoxy) is 1. The first-order valence-corrected chi connectivity index (χ1v) is 4.78. The Kier molecular flexibility index (Phi) is 2.63. The first kappa shape index (κ1) is 9.77. The van der Waals surface area contributed by atoms with Crippen molar-refractivity contribution in [3.05, 3.63) is 34.2 Å². The molecule has 0 radical (unpaired) electrons. The Morgan fingerprint density at radius 3 is 2.93 bits per heavy atom. The molecular formula is C9H8Cl2N2O. The van der Waals surface area contributed by atoms with Crippen LogP contribution in [0.2, 0.25) is 10.0 Å². The Bertz CT molecular complexity index is 467. The molecule has 2 aromatic rings. The topological polar surface area (TPSA) is 26.5 Å². The van der Waals surface area contributed by atoms with E-state index in [0.717, 1.165) is 5.69 Å². The van der Waals surface area contributed by atoms with E-state index in [9.17, 15) is 0 Å². The zero-order valence-electron chi connectivity index (χ0n) is 7.50. The highest BCUT2D eigenvalue weighted by atomic mass is 35.5. The lowest BCUT2D eigenvalue weighted by molar-refractivity contribution is 0.182. The van der Waals surface area contributed by atoms with Gasteiger partial charge in [0.1, 0.15) is 0 Å². The fourth-order valence-electron chi connectivity index (χ4n) is 1.29. The maximum atomic E-state index is 5.97. The van der Waals surface area contributed by atoms with Gasteiger partial charge in [-0.1, -0.05) is 23.2 Å². The molecular weight excluding hydrogens is 223 g/mol. The third-order valence-corrected chi connectivity index (χ3v) is 2.30. The number of methoxy groups -OCH3 is 1. The van der Waals surface area contributed by atoms with Gasteiger partial charge in [0.25, 0.3) is 0 Å². The van der Waals surface area contributed by atoms with Crippen LogP contribution >= 0.6 is 23.2 Å². The van der Waals surface area contributed by atoms with Crippen LogP contribution in [-0.4, -0.2) is 16.5 Å². The minimum absolute atomic E-state index is 0.468. The second kappa shape index (κ2) is 3.77. The third kappa shape index (κ3) is 1.71. The predicted octanol–water partition coefficient (Wildman–Crippen LogP) is 2.79. The highest BCUT2D eigenvalue weighted by Gasteiger charge is 2.05. The van der Waals surface area contributed by atoms with Crippen LogP contribution < -0.4 is 0 Å². The van der Waals surface area contributed by atoms with E-state index in [2.05, 4.69) is 4.98 Å². The number of pyridine rings is 1. The SMILES string of the molecule is COCc1cn2cc(Cl)cc(Cl)c2n1.